The number of hydrogen-bond acceptors (Lipinski definition) is 8. The molecule has 8 heteroatoms. The number of aryl methyl sites for hydroxylation is 1. The summed E-state index contributed by atoms with van der Waals surface area (Å²) in [5, 5.41) is 35.1. The minimum absolute atomic E-state index is 0.109. The Balaban J connectivity index is 2.34. The average molecular weight is 494 g/mol. The summed E-state index contributed by atoms with van der Waals surface area (Å²) in [7, 11) is 0. The zero-order valence-corrected chi connectivity index (χ0v) is 21.8. The average Bonchev–Trinajstić information content (AvgIpc) is 3.18. The predicted molar refractivity (Wildman–Crippen MR) is 133 cm³/mol. The van der Waals surface area contributed by atoms with Crippen LogP contribution < -0.4 is 0 Å². The van der Waals surface area contributed by atoms with Gasteiger partial charge in [0.25, 0.3) is 0 Å². The molecule has 0 fully saturated rings. The van der Waals surface area contributed by atoms with Crippen LogP contribution in [0.5, 0.6) is 0 Å². The first kappa shape index (κ1) is 28.4. The van der Waals surface area contributed by atoms with Crippen LogP contribution in [0.15, 0.2) is 23.1 Å². The van der Waals surface area contributed by atoms with E-state index in [4.69, 9.17) is 4.74 Å². The highest BCUT2D eigenvalue weighted by Crippen LogP contribution is 2.32. The largest absolute Gasteiger partial charge is 0.455 e. The first-order chi connectivity index (χ1) is 15.8. The fourth-order valence-electron chi connectivity index (χ4n) is 4.26. The normalized spacial score (nSPS) is 33.4. The lowest BCUT2D eigenvalue weighted by atomic mass is 9.73. The number of aliphatic hydroxyl groups excluding tert-OH is 3. The fourth-order valence-corrected chi connectivity index (χ4v) is 4.83. The predicted octanol–water partition coefficient (Wildman–Crippen LogP) is 3.85. The third kappa shape index (κ3) is 7.31. The van der Waals surface area contributed by atoms with Gasteiger partial charge in [0.1, 0.15) is 11.9 Å². The number of aliphatic hydroxyl groups is 3. The molecule has 1 aliphatic rings. The molecule has 190 valence electrons. The Morgan fingerprint density at radius 3 is 2.53 bits per heavy atom. The Kier molecular flexibility index (Phi) is 10.2. The molecule has 1 aromatic rings. The number of allylic oxidation sites excluding steroid dienone is 1. The number of carbonyl (C=O) groups is 2. The highest BCUT2D eigenvalue weighted by Gasteiger charge is 2.42. The molecule has 0 spiro atoms. The second-order valence-corrected chi connectivity index (χ2v) is 11.1. The summed E-state index contributed by atoms with van der Waals surface area (Å²) < 4.78 is 5.61. The van der Waals surface area contributed by atoms with E-state index < -0.39 is 48.1 Å². The van der Waals surface area contributed by atoms with E-state index in [1.807, 2.05) is 25.3 Å². The number of thiazole rings is 1. The van der Waals surface area contributed by atoms with Crippen molar-refractivity contribution < 1.29 is 29.6 Å². The second-order valence-electron chi connectivity index (χ2n) is 10.0. The summed E-state index contributed by atoms with van der Waals surface area (Å²) in [4.78, 5) is 30.3. The molecule has 1 aromatic heterocycles. The zero-order chi connectivity index (χ0) is 25.6. The van der Waals surface area contributed by atoms with Gasteiger partial charge >= 0.3 is 5.97 Å². The Morgan fingerprint density at radius 1 is 1.24 bits per heavy atom. The lowest BCUT2D eigenvalue weighted by molar-refractivity contribution is -0.157. The quantitative estimate of drug-likeness (QED) is 0.423. The fraction of sp³-hybridized carbons (Fsp3) is 0.654. The van der Waals surface area contributed by atoms with E-state index in [-0.39, 0.29) is 11.7 Å². The van der Waals surface area contributed by atoms with E-state index in [1.165, 1.54) is 11.3 Å². The maximum Gasteiger partial charge on any atom is 0.309 e. The molecular formula is C26H39NO6S. The molecule has 1 aliphatic heterocycles. The van der Waals surface area contributed by atoms with Crippen LogP contribution in [0.3, 0.4) is 0 Å². The van der Waals surface area contributed by atoms with Crippen LogP contribution in [0.2, 0.25) is 0 Å². The highest BCUT2D eigenvalue weighted by molar-refractivity contribution is 7.09. The van der Waals surface area contributed by atoms with Crippen LogP contribution >= 0.6 is 11.3 Å². The van der Waals surface area contributed by atoms with Crippen molar-refractivity contribution in [3.05, 3.63) is 33.8 Å². The van der Waals surface area contributed by atoms with Crippen LogP contribution in [-0.4, -0.2) is 56.5 Å². The van der Waals surface area contributed by atoms with Crippen molar-refractivity contribution in [1.29, 1.82) is 0 Å². The highest BCUT2D eigenvalue weighted by atomic mass is 32.1. The summed E-state index contributed by atoms with van der Waals surface area (Å²) in [6.07, 6.45) is 2.78. The van der Waals surface area contributed by atoms with Gasteiger partial charge in [0, 0.05) is 11.3 Å². The molecular weight excluding hydrogens is 454 g/mol. The minimum atomic E-state index is -1.30. The van der Waals surface area contributed by atoms with Crippen LogP contribution in [0.25, 0.3) is 6.08 Å². The zero-order valence-electron chi connectivity index (χ0n) is 21.0. The van der Waals surface area contributed by atoms with Gasteiger partial charge in [-0.2, -0.15) is 0 Å². The maximum atomic E-state index is 13.1. The van der Waals surface area contributed by atoms with E-state index in [0.717, 1.165) is 11.4 Å². The summed E-state index contributed by atoms with van der Waals surface area (Å²) in [5.74, 6) is -1.81. The van der Waals surface area contributed by atoms with Crippen molar-refractivity contribution in [2.24, 2.45) is 17.3 Å². The number of cyclic esters (lactones) is 1. The van der Waals surface area contributed by atoms with Crippen molar-refractivity contribution >= 4 is 29.2 Å². The van der Waals surface area contributed by atoms with Crippen molar-refractivity contribution in [2.75, 3.05) is 0 Å². The number of rotatable bonds is 2. The van der Waals surface area contributed by atoms with Crippen molar-refractivity contribution in [2.45, 2.75) is 91.6 Å². The number of ketones is 1. The molecule has 3 N–H and O–H groups in total. The first-order valence-corrected chi connectivity index (χ1v) is 12.8. The van der Waals surface area contributed by atoms with Gasteiger partial charge in [-0.3, -0.25) is 9.59 Å². The first-order valence-electron chi connectivity index (χ1n) is 11.9. The molecule has 0 amide bonds. The van der Waals surface area contributed by atoms with Gasteiger partial charge in [0.2, 0.25) is 0 Å². The number of esters is 1. The summed E-state index contributed by atoms with van der Waals surface area (Å²) in [6.45, 7) is 10.4. The van der Waals surface area contributed by atoms with Gasteiger partial charge < -0.3 is 20.1 Å². The van der Waals surface area contributed by atoms with Gasteiger partial charge in [0.05, 0.1) is 34.7 Å². The van der Waals surface area contributed by atoms with E-state index in [2.05, 4.69) is 4.98 Å². The third-order valence-electron chi connectivity index (χ3n) is 6.73. The molecule has 0 aliphatic carbocycles. The molecule has 7 nitrogen and oxygen atoms in total. The molecule has 1 unspecified atom stereocenters. The second kappa shape index (κ2) is 12.2. The van der Waals surface area contributed by atoms with Gasteiger partial charge in [-0.05, 0) is 50.7 Å². The minimum Gasteiger partial charge on any atom is -0.455 e. The summed E-state index contributed by atoms with van der Waals surface area (Å²) in [6, 6.07) is 0. The third-order valence-corrected chi connectivity index (χ3v) is 7.52. The lowest BCUT2D eigenvalue weighted by Crippen LogP contribution is -2.46. The van der Waals surface area contributed by atoms with Gasteiger partial charge in [-0.1, -0.05) is 39.8 Å². The lowest BCUT2D eigenvalue weighted by Gasteiger charge is -2.34. The summed E-state index contributed by atoms with van der Waals surface area (Å²) >= 11 is 1.50. The standard InChI is InChI=1S/C26H39NO6S/c1-15-10-8-7-9-11-20(28)24(16(2)12-19-14-34-18(4)27-19)33-22(30)13-21(29)26(5,6)25(32)17(3)23(15)31/h9,11-12,14-15,17,20-21,23-24,28-29,31H,7-8,10,13H2,1-6H3/b11-9-,16-12+/t15?,17-,20+,21+,23+,24-/m1/s1. The molecule has 0 aromatic carbocycles. The van der Waals surface area contributed by atoms with E-state index in [0.29, 0.717) is 24.1 Å². The van der Waals surface area contributed by atoms with E-state index in [1.54, 1.807) is 39.8 Å². The Bertz CT molecular complexity index is 905. The van der Waals surface area contributed by atoms with Crippen molar-refractivity contribution in [3.63, 3.8) is 0 Å². The molecule has 0 bridgehead atoms. The Morgan fingerprint density at radius 2 is 1.91 bits per heavy atom. The number of aromatic nitrogens is 1. The summed E-state index contributed by atoms with van der Waals surface area (Å²) in [5.41, 5.74) is 0.0764. The number of nitrogens with zero attached hydrogens (tertiary/aromatic N) is 1. The van der Waals surface area contributed by atoms with Gasteiger partial charge in [-0.25, -0.2) is 4.98 Å². The van der Waals surface area contributed by atoms with Crippen LogP contribution in [0.4, 0.5) is 0 Å². The van der Waals surface area contributed by atoms with Crippen molar-refractivity contribution in [1.82, 2.24) is 4.98 Å². The topological polar surface area (TPSA) is 117 Å². The number of ether oxygens (including phenoxy) is 1. The number of Topliss-reactive ketones (excluding diaryl/α,β-unsaturated/α-hetero) is 1. The molecule has 6 atom stereocenters. The van der Waals surface area contributed by atoms with Gasteiger partial charge in [0.15, 0.2) is 6.10 Å². The molecule has 34 heavy (non-hydrogen) atoms. The monoisotopic (exact) mass is 493 g/mol. The SMILES string of the molecule is C/C(=C\c1csc(C)n1)[C@H]1OC(=O)C[C@H](O)C(C)(C)C(=O)[C@H](C)[C@@H](O)C(C)CCC/C=C\[C@@H]1O. The Labute approximate surface area is 206 Å². The maximum absolute atomic E-state index is 13.1. The molecule has 0 saturated carbocycles. The van der Waals surface area contributed by atoms with Crippen LogP contribution in [0.1, 0.15) is 71.0 Å². The van der Waals surface area contributed by atoms with Crippen LogP contribution in [0, 0.1) is 24.2 Å². The van der Waals surface area contributed by atoms with Gasteiger partial charge in [-0.15, -0.1) is 11.3 Å². The smallest absolute Gasteiger partial charge is 0.309 e. The number of hydrogen-bond donors (Lipinski definition) is 3. The molecule has 2 heterocycles. The Hall–Kier alpha value is -1.87. The number of carbonyl (C=O) groups excluding carboxylic acids is 2. The molecule has 0 saturated heterocycles. The van der Waals surface area contributed by atoms with Crippen LogP contribution in [-0.2, 0) is 14.3 Å². The van der Waals surface area contributed by atoms with E-state index >= 15 is 0 Å². The molecule has 0 radical (unpaired) electrons. The van der Waals surface area contributed by atoms with E-state index in [9.17, 15) is 24.9 Å². The molecule has 2 rings (SSSR count). The van der Waals surface area contributed by atoms with Crippen molar-refractivity contribution in [3.8, 4) is 0 Å².